The number of hydrogen-bond donors (Lipinski definition) is 1. The van der Waals surface area contributed by atoms with Crippen molar-refractivity contribution in [2.45, 2.75) is 25.8 Å². The number of amides is 1. The maximum atomic E-state index is 13.1. The van der Waals surface area contributed by atoms with Gasteiger partial charge in [-0.2, -0.15) is 10.4 Å². The monoisotopic (exact) mass is 331 g/mol. The van der Waals surface area contributed by atoms with Crippen molar-refractivity contribution in [3.63, 3.8) is 0 Å². The van der Waals surface area contributed by atoms with E-state index in [1.54, 1.807) is 12.3 Å². The molecule has 0 aliphatic carbocycles. The molecule has 0 radical (unpaired) electrons. The number of hydrogen-bond acceptors (Lipinski definition) is 4. The van der Waals surface area contributed by atoms with E-state index in [2.05, 4.69) is 21.3 Å². The van der Waals surface area contributed by atoms with Gasteiger partial charge in [-0.05, 0) is 43.5 Å². The van der Waals surface area contributed by atoms with Gasteiger partial charge < -0.3 is 4.90 Å². The fourth-order valence-corrected chi connectivity index (χ4v) is 3.47. The zero-order valence-electron chi connectivity index (χ0n) is 13.9. The number of nitrogens with one attached hydrogen (secondary N) is 1. The van der Waals surface area contributed by atoms with E-state index < -0.39 is 0 Å². The van der Waals surface area contributed by atoms with Crippen LogP contribution in [0.4, 0.5) is 0 Å². The normalized spacial score (nSPS) is 17.0. The Balaban J connectivity index is 1.67. The molecule has 6 heteroatoms. The van der Waals surface area contributed by atoms with Crippen molar-refractivity contribution in [2.75, 3.05) is 6.54 Å². The lowest BCUT2D eigenvalue weighted by molar-refractivity contribution is 0.0735. The number of fused-ring (bicyclic) bond motifs is 1. The van der Waals surface area contributed by atoms with Crippen molar-refractivity contribution >= 4 is 16.9 Å². The van der Waals surface area contributed by atoms with Gasteiger partial charge in [0.05, 0.1) is 23.2 Å². The van der Waals surface area contributed by atoms with Crippen LogP contribution in [0.2, 0.25) is 0 Å². The van der Waals surface area contributed by atoms with Gasteiger partial charge in [-0.1, -0.05) is 12.1 Å². The molecule has 1 fully saturated rings. The predicted octanol–water partition coefficient (Wildman–Crippen LogP) is 3.12. The number of likely N-dealkylation sites (tertiary alicyclic amines) is 1. The van der Waals surface area contributed by atoms with Crippen LogP contribution >= 0.6 is 0 Å². The SMILES string of the molecule is Cc1[nH]nc2ncc(C(=O)N3CCCC3c3cccc(C#N)c3)cc12. The van der Waals surface area contributed by atoms with Gasteiger partial charge >= 0.3 is 0 Å². The molecule has 1 unspecified atom stereocenters. The number of H-pyrrole nitrogens is 1. The summed E-state index contributed by atoms with van der Waals surface area (Å²) in [4.78, 5) is 19.2. The van der Waals surface area contributed by atoms with Gasteiger partial charge in [-0.15, -0.1) is 0 Å². The van der Waals surface area contributed by atoms with Gasteiger partial charge in [-0.25, -0.2) is 4.98 Å². The number of rotatable bonds is 2. The quantitative estimate of drug-likeness (QED) is 0.782. The van der Waals surface area contributed by atoms with Gasteiger partial charge in [0, 0.05) is 23.8 Å². The first-order valence-electron chi connectivity index (χ1n) is 8.29. The summed E-state index contributed by atoms with van der Waals surface area (Å²) < 4.78 is 0. The molecule has 6 nitrogen and oxygen atoms in total. The third kappa shape index (κ3) is 2.64. The minimum atomic E-state index is -0.0279. The molecule has 2 aromatic heterocycles. The topological polar surface area (TPSA) is 85.7 Å². The van der Waals surface area contributed by atoms with Crippen LogP contribution in [0.1, 0.15) is 46.1 Å². The highest BCUT2D eigenvalue weighted by atomic mass is 16.2. The molecule has 4 rings (SSSR count). The number of aryl methyl sites for hydroxylation is 1. The first-order chi connectivity index (χ1) is 12.2. The first-order valence-corrected chi connectivity index (χ1v) is 8.29. The maximum absolute atomic E-state index is 13.1. The second-order valence-corrected chi connectivity index (χ2v) is 6.34. The van der Waals surface area contributed by atoms with Crippen LogP contribution < -0.4 is 0 Å². The second-order valence-electron chi connectivity index (χ2n) is 6.34. The van der Waals surface area contributed by atoms with E-state index in [9.17, 15) is 4.79 Å². The second kappa shape index (κ2) is 6.02. The lowest BCUT2D eigenvalue weighted by Gasteiger charge is -2.25. The van der Waals surface area contributed by atoms with Crippen molar-refractivity contribution in [3.8, 4) is 6.07 Å². The Hall–Kier alpha value is -3.20. The standard InChI is InChI=1S/C19H17N5O/c1-12-16-9-15(11-21-18(16)23-22-12)19(25)24-7-3-6-17(24)14-5-2-4-13(8-14)10-20/h2,4-5,8-9,11,17H,3,6-7H2,1H3,(H,21,22,23). The number of nitrogens with zero attached hydrogens (tertiary/aromatic N) is 4. The molecule has 1 amide bonds. The molecule has 25 heavy (non-hydrogen) atoms. The highest BCUT2D eigenvalue weighted by molar-refractivity contribution is 5.97. The molecule has 1 aliphatic rings. The summed E-state index contributed by atoms with van der Waals surface area (Å²) in [5, 5.41) is 17.0. The molecule has 1 N–H and O–H groups in total. The molecule has 1 aromatic carbocycles. The highest BCUT2D eigenvalue weighted by Crippen LogP contribution is 2.33. The van der Waals surface area contributed by atoms with Crippen molar-refractivity contribution < 1.29 is 4.79 Å². The number of aromatic nitrogens is 3. The summed E-state index contributed by atoms with van der Waals surface area (Å²) in [6, 6.07) is 11.5. The molecule has 3 aromatic rings. The van der Waals surface area contributed by atoms with Crippen molar-refractivity contribution in [1.29, 1.82) is 5.26 Å². The van der Waals surface area contributed by atoms with Crippen LogP contribution in [0.25, 0.3) is 11.0 Å². The van der Waals surface area contributed by atoms with Crippen LogP contribution in [0.15, 0.2) is 36.5 Å². The Bertz CT molecular complexity index is 1000. The fourth-order valence-electron chi connectivity index (χ4n) is 3.47. The zero-order chi connectivity index (χ0) is 17.4. The smallest absolute Gasteiger partial charge is 0.255 e. The molecular formula is C19H17N5O. The minimum Gasteiger partial charge on any atom is -0.332 e. The summed E-state index contributed by atoms with van der Waals surface area (Å²) in [6.45, 7) is 2.63. The molecule has 1 saturated heterocycles. The summed E-state index contributed by atoms with van der Waals surface area (Å²) in [6.07, 6.45) is 3.45. The Labute approximate surface area is 145 Å². The summed E-state index contributed by atoms with van der Waals surface area (Å²) in [5.41, 5.74) is 3.72. The zero-order valence-corrected chi connectivity index (χ0v) is 13.9. The Morgan fingerprint density at radius 3 is 3.12 bits per heavy atom. The van der Waals surface area contributed by atoms with E-state index in [-0.39, 0.29) is 11.9 Å². The molecule has 1 aliphatic heterocycles. The van der Waals surface area contributed by atoms with E-state index in [1.807, 2.05) is 36.1 Å². The lowest BCUT2D eigenvalue weighted by atomic mass is 10.0. The number of nitriles is 1. The Morgan fingerprint density at radius 2 is 2.28 bits per heavy atom. The molecule has 1 atom stereocenters. The average molecular weight is 331 g/mol. The fraction of sp³-hybridized carbons (Fsp3) is 0.263. The van der Waals surface area contributed by atoms with Crippen LogP contribution in [-0.2, 0) is 0 Å². The highest BCUT2D eigenvalue weighted by Gasteiger charge is 2.31. The molecule has 0 saturated carbocycles. The van der Waals surface area contributed by atoms with Gasteiger partial charge in [0.1, 0.15) is 0 Å². The van der Waals surface area contributed by atoms with Crippen molar-refractivity contribution in [3.05, 3.63) is 58.9 Å². The first kappa shape index (κ1) is 15.3. The molecule has 3 heterocycles. The van der Waals surface area contributed by atoms with E-state index in [4.69, 9.17) is 5.26 Å². The van der Waals surface area contributed by atoms with Gasteiger partial charge in [-0.3, -0.25) is 9.89 Å². The van der Waals surface area contributed by atoms with Gasteiger partial charge in [0.15, 0.2) is 5.65 Å². The summed E-state index contributed by atoms with van der Waals surface area (Å²) >= 11 is 0. The van der Waals surface area contributed by atoms with Crippen molar-refractivity contribution in [2.24, 2.45) is 0 Å². The number of carbonyl (C=O) groups excluding carboxylic acids is 1. The number of aromatic amines is 1. The van der Waals surface area contributed by atoms with E-state index in [0.29, 0.717) is 23.3 Å². The molecular weight excluding hydrogens is 314 g/mol. The maximum Gasteiger partial charge on any atom is 0.255 e. The third-order valence-electron chi connectivity index (χ3n) is 4.76. The largest absolute Gasteiger partial charge is 0.332 e. The average Bonchev–Trinajstić information content (AvgIpc) is 3.28. The van der Waals surface area contributed by atoms with Crippen LogP contribution in [-0.4, -0.2) is 32.5 Å². The van der Waals surface area contributed by atoms with Gasteiger partial charge in [0.25, 0.3) is 5.91 Å². The number of carbonyl (C=O) groups is 1. The van der Waals surface area contributed by atoms with E-state index in [0.717, 1.165) is 29.5 Å². The predicted molar refractivity (Wildman–Crippen MR) is 92.8 cm³/mol. The van der Waals surface area contributed by atoms with Crippen LogP contribution in [0, 0.1) is 18.3 Å². The van der Waals surface area contributed by atoms with Crippen LogP contribution in [0.5, 0.6) is 0 Å². The van der Waals surface area contributed by atoms with Gasteiger partial charge in [0.2, 0.25) is 0 Å². The molecule has 0 bridgehead atoms. The van der Waals surface area contributed by atoms with E-state index >= 15 is 0 Å². The molecule has 0 spiro atoms. The number of pyridine rings is 1. The summed E-state index contributed by atoms with van der Waals surface area (Å²) in [5.74, 6) is -0.0279. The lowest BCUT2D eigenvalue weighted by Crippen LogP contribution is -2.30. The van der Waals surface area contributed by atoms with Crippen LogP contribution in [0.3, 0.4) is 0 Å². The Kier molecular flexibility index (Phi) is 3.69. The third-order valence-corrected chi connectivity index (χ3v) is 4.76. The van der Waals surface area contributed by atoms with Crippen molar-refractivity contribution in [1.82, 2.24) is 20.1 Å². The minimum absolute atomic E-state index is 0.00180. The number of benzene rings is 1. The Morgan fingerprint density at radius 1 is 1.40 bits per heavy atom. The molecule has 124 valence electrons. The summed E-state index contributed by atoms with van der Waals surface area (Å²) in [7, 11) is 0. The van der Waals surface area contributed by atoms with E-state index in [1.165, 1.54) is 0 Å².